The molecule has 128 valence electrons. The molecule has 0 spiro atoms. The van der Waals surface area contributed by atoms with Crippen molar-refractivity contribution in [2.24, 2.45) is 23.7 Å². The fraction of sp³-hybridized carbons (Fsp3) is 0.833. The summed E-state index contributed by atoms with van der Waals surface area (Å²) in [6.07, 6.45) is -17.0. The molecule has 0 saturated heterocycles. The highest BCUT2D eigenvalue weighted by molar-refractivity contribution is 5.16. The van der Waals surface area contributed by atoms with Crippen LogP contribution in [0.3, 0.4) is 0 Å². The van der Waals surface area contributed by atoms with Crippen LogP contribution in [0.25, 0.3) is 0 Å². The smallest absolute Gasteiger partial charge is 0.374 e. The molecule has 0 amide bonds. The molecule has 4 atom stereocenters. The van der Waals surface area contributed by atoms with Crippen molar-refractivity contribution in [3.8, 4) is 0 Å². The van der Waals surface area contributed by atoms with E-state index in [2.05, 4.69) is 0 Å². The Kier molecular flexibility index (Phi) is 3.79. The lowest BCUT2D eigenvalue weighted by Gasteiger charge is -2.38. The highest BCUT2D eigenvalue weighted by Crippen LogP contribution is 2.59. The van der Waals surface area contributed by atoms with E-state index in [0.717, 1.165) is 0 Å². The number of fused-ring (bicyclic) bond motifs is 2. The van der Waals surface area contributed by atoms with Gasteiger partial charge >= 0.3 is 18.5 Å². The standard InChI is InChI=1S/C12H11F9O/c13-10(14,15)8-6-2-1-5(3-6)7(8)4-9(22,11(16,17)18)12(19,20)21/h1-2,5-8,22H,3-4H2. The molecule has 2 bridgehead atoms. The van der Waals surface area contributed by atoms with Gasteiger partial charge in [0.1, 0.15) is 0 Å². The molecule has 0 aromatic heterocycles. The SMILES string of the molecule is OC(CC1C2C=CC(C2)C1C(F)(F)F)(C(F)(F)F)C(F)(F)F. The van der Waals surface area contributed by atoms with Crippen molar-refractivity contribution in [3.63, 3.8) is 0 Å². The fourth-order valence-electron chi connectivity index (χ4n) is 3.42. The third-order valence-electron chi connectivity index (χ3n) is 4.47. The van der Waals surface area contributed by atoms with Crippen LogP contribution < -0.4 is 0 Å². The molecule has 2 aliphatic rings. The van der Waals surface area contributed by atoms with E-state index in [4.69, 9.17) is 5.11 Å². The third-order valence-corrected chi connectivity index (χ3v) is 4.47. The third kappa shape index (κ3) is 2.59. The van der Waals surface area contributed by atoms with Gasteiger partial charge in [0.25, 0.3) is 5.60 Å². The van der Waals surface area contributed by atoms with Gasteiger partial charge in [-0.05, 0) is 30.6 Å². The van der Waals surface area contributed by atoms with Crippen molar-refractivity contribution in [1.82, 2.24) is 0 Å². The van der Waals surface area contributed by atoms with Crippen LogP contribution in [-0.4, -0.2) is 29.2 Å². The maximum atomic E-state index is 13.0. The van der Waals surface area contributed by atoms with Crippen molar-refractivity contribution in [1.29, 1.82) is 0 Å². The highest BCUT2D eigenvalue weighted by atomic mass is 19.4. The van der Waals surface area contributed by atoms with Gasteiger partial charge in [-0.25, -0.2) is 0 Å². The first-order valence-electron chi connectivity index (χ1n) is 6.29. The maximum absolute atomic E-state index is 13.0. The first kappa shape index (κ1) is 17.4. The van der Waals surface area contributed by atoms with Crippen LogP contribution in [-0.2, 0) is 0 Å². The van der Waals surface area contributed by atoms with E-state index in [0.29, 0.717) is 0 Å². The molecule has 2 aliphatic carbocycles. The van der Waals surface area contributed by atoms with Crippen LogP contribution in [0.15, 0.2) is 12.2 Å². The minimum Gasteiger partial charge on any atom is -0.374 e. The number of aliphatic hydroxyl groups is 1. The van der Waals surface area contributed by atoms with Gasteiger partial charge in [0, 0.05) is 0 Å². The molecule has 1 saturated carbocycles. The Morgan fingerprint density at radius 2 is 1.27 bits per heavy atom. The predicted molar refractivity (Wildman–Crippen MR) is 55.4 cm³/mol. The number of rotatable bonds is 2. The lowest BCUT2D eigenvalue weighted by atomic mass is 9.75. The van der Waals surface area contributed by atoms with Crippen LogP contribution in [0.4, 0.5) is 39.5 Å². The lowest BCUT2D eigenvalue weighted by molar-refractivity contribution is -0.375. The summed E-state index contributed by atoms with van der Waals surface area (Å²) in [5, 5.41) is 9.11. The van der Waals surface area contributed by atoms with Crippen LogP contribution >= 0.6 is 0 Å². The largest absolute Gasteiger partial charge is 0.426 e. The van der Waals surface area contributed by atoms with Crippen LogP contribution in [0.2, 0.25) is 0 Å². The van der Waals surface area contributed by atoms with Gasteiger partial charge in [-0.2, -0.15) is 39.5 Å². The van der Waals surface area contributed by atoms with Gasteiger partial charge in [0.2, 0.25) is 0 Å². The van der Waals surface area contributed by atoms with E-state index in [1.54, 1.807) is 0 Å². The Morgan fingerprint density at radius 1 is 0.818 bits per heavy atom. The fourth-order valence-corrected chi connectivity index (χ4v) is 3.42. The lowest BCUT2D eigenvalue weighted by Crippen LogP contribution is -2.58. The van der Waals surface area contributed by atoms with Crippen molar-refractivity contribution in [3.05, 3.63) is 12.2 Å². The molecule has 0 aromatic carbocycles. The molecular formula is C12H11F9O. The first-order chi connectivity index (χ1) is 9.68. The van der Waals surface area contributed by atoms with Crippen molar-refractivity contribution < 1.29 is 44.6 Å². The zero-order valence-corrected chi connectivity index (χ0v) is 10.7. The quantitative estimate of drug-likeness (QED) is 0.588. The Labute approximate surface area is 118 Å². The summed E-state index contributed by atoms with van der Waals surface area (Å²) >= 11 is 0. The second kappa shape index (κ2) is 4.78. The van der Waals surface area contributed by atoms with E-state index in [1.807, 2.05) is 0 Å². The van der Waals surface area contributed by atoms with Crippen LogP contribution in [0, 0.1) is 23.7 Å². The predicted octanol–water partition coefficient (Wildman–Crippen LogP) is 4.23. The van der Waals surface area contributed by atoms with E-state index in [-0.39, 0.29) is 6.42 Å². The Hall–Kier alpha value is -0.930. The summed E-state index contributed by atoms with van der Waals surface area (Å²) in [4.78, 5) is 0. The summed E-state index contributed by atoms with van der Waals surface area (Å²) in [6, 6.07) is 0. The minimum absolute atomic E-state index is 0.152. The molecule has 0 aromatic rings. The number of halogens is 9. The van der Waals surface area contributed by atoms with Gasteiger partial charge in [-0.3, -0.25) is 0 Å². The van der Waals surface area contributed by atoms with Gasteiger partial charge in [-0.15, -0.1) is 0 Å². The normalized spacial score (nSPS) is 32.8. The van der Waals surface area contributed by atoms with Gasteiger partial charge in [0.15, 0.2) is 0 Å². The topological polar surface area (TPSA) is 20.2 Å². The van der Waals surface area contributed by atoms with E-state index < -0.39 is 54.2 Å². The average Bonchev–Trinajstić information content (AvgIpc) is 2.84. The van der Waals surface area contributed by atoms with Crippen molar-refractivity contribution in [2.45, 2.75) is 37.0 Å². The molecule has 10 heteroatoms. The average molecular weight is 342 g/mol. The van der Waals surface area contributed by atoms with E-state index in [1.165, 1.54) is 12.2 Å². The summed E-state index contributed by atoms with van der Waals surface area (Å²) in [7, 11) is 0. The zero-order valence-electron chi connectivity index (χ0n) is 10.7. The van der Waals surface area contributed by atoms with Gasteiger partial charge in [-0.1, -0.05) is 12.2 Å². The number of hydrogen-bond acceptors (Lipinski definition) is 1. The molecule has 22 heavy (non-hydrogen) atoms. The Balaban J connectivity index is 2.36. The molecule has 1 fully saturated rings. The molecule has 1 N–H and O–H groups in total. The Morgan fingerprint density at radius 3 is 1.68 bits per heavy atom. The van der Waals surface area contributed by atoms with Crippen molar-refractivity contribution in [2.75, 3.05) is 0 Å². The summed E-state index contributed by atoms with van der Waals surface area (Å²) in [5.41, 5.74) is -5.15. The summed E-state index contributed by atoms with van der Waals surface area (Å²) in [5.74, 6) is -6.45. The Bertz CT molecular complexity index is 445. The first-order valence-corrected chi connectivity index (χ1v) is 6.29. The van der Waals surface area contributed by atoms with Gasteiger partial charge < -0.3 is 5.11 Å². The van der Waals surface area contributed by atoms with Gasteiger partial charge in [0.05, 0.1) is 5.92 Å². The minimum atomic E-state index is -6.10. The van der Waals surface area contributed by atoms with E-state index in [9.17, 15) is 39.5 Å². The monoisotopic (exact) mass is 342 g/mol. The summed E-state index contributed by atoms with van der Waals surface area (Å²) in [6.45, 7) is 0. The molecule has 1 nitrogen and oxygen atoms in total. The number of allylic oxidation sites excluding steroid dienone is 2. The van der Waals surface area contributed by atoms with Crippen LogP contribution in [0.1, 0.15) is 12.8 Å². The second-order valence-corrected chi connectivity index (χ2v) is 5.74. The molecule has 2 rings (SSSR count). The van der Waals surface area contributed by atoms with Crippen LogP contribution in [0.5, 0.6) is 0 Å². The second-order valence-electron chi connectivity index (χ2n) is 5.74. The number of alkyl halides is 9. The number of hydrogen-bond donors (Lipinski definition) is 1. The van der Waals surface area contributed by atoms with E-state index >= 15 is 0 Å². The zero-order chi connectivity index (χ0) is 17.1. The summed E-state index contributed by atoms with van der Waals surface area (Å²) < 4.78 is 115. The molecule has 0 radical (unpaired) electrons. The highest BCUT2D eigenvalue weighted by Gasteiger charge is 2.72. The molecule has 4 unspecified atom stereocenters. The maximum Gasteiger partial charge on any atom is 0.426 e. The molecule has 0 heterocycles. The molecular weight excluding hydrogens is 331 g/mol. The molecule has 0 aliphatic heterocycles. The van der Waals surface area contributed by atoms with Crippen molar-refractivity contribution >= 4 is 0 Å².